The number of carbonyl (C=O) groups excluding carboxylic acids is 5. The van der Waals surface area contributed by atoms with Crippen LogP contribution in [-0.2, 0) is 52.4 Å². The monoisotopic (exact) mass is 499 g/mol. The molecule has 1 aliphatic heterocycles. The van der Waals surface area contributed by atoms with Gasteiger partial charge < -0.3 is 23.7 Å². The summed E-state index contributed by atoms with van der Waals surface area (Å²) < 4.78 is 31.5. The summed E-state index contributed by atoms with van der Waals surface area (Å²) >= 11 is 0. The summed E-state index contributed by atoms with van der Waals surface area (Å²) in [7, 11) is 1.06. The molecule has 0 bridgehead atoms. The highest BCUT2D eigenvalue weighted by Gasteiger charge is 2.65. The molecule has 0 aromatic heterocycles. The number of nitrogens with zero attached hydrogens (tertiary/aromatic N) is 4. The van der Waals surface area contributed by atoms with Gasteiger partial charge in [0.15, 0.2) is 12.2 Å². The van der Waals surface area contributed by atoms with Crippen LogP contribution in [0.5, 0.6) is 0 Å². The van der Waals surface area contributed by atoms with E-state index in [0.29, 0.717) is 0 Å². The Morgan fingerprint density at radius 2 is 1.71 bits per heavy atom. The van der Waals surface area contributed by atoms with E-state index in [1.165, 1.54) is 6.92 Å². The van der Waals surface area contributed by atoms with Crippen molar-refractivity contribution in [3.8, 4) is 6.07 Å². The maximum Gasteiger partial charge on any atom is 0.485 e. The van der Waals surface area contributed by atoms with Gasteiger partial charge in [0.25, 0.3) is 6.07 Å². The normalized spacial score (nSPS) is 24.7. The van der Waals surface area contributed by atoms with Crippen molar-refractivity contribution in [3.63, 3.8) is 0 Å². The van der Waals surface area contributed by atoms with Gasteiger partial charge in [0.05, 0.1) is 14.0 Å². The van der Waals surface area contributed by atoms with Crippen LogP contribution in [0, 0.1) is 6.07 Å². The molecule has 0 aliphatic carbocycles. The number of azide groups is 1. The molecule has 0 aromatic carbocycles. The lowest BCUT2D eigenvalue weighted by Gasteiger charge is -2.41. The van der Waals surface area contributed by atoms with Gasteiger partial charge in [-0.3, -0.25) is 23.9 Å². The Kier molecular flexibility index (Phi) is 10.9. The Morgan fingerprint density at radius 3 is 2.17 bits per heavy atom. The molecule has 192 valence electrons. The second kappa shape index (κ2) is 13.1. The number of hydrogen-bond acceptors (Lipinski definition) is 12. The lowest BCUT2D eigenvalue weighted by Crippen LogP contribution is -2.63. The van der Waals surface area contributed by atoms with Crippen LogP contribution in [0.1, 0.15) is 41.0 Å². The minimum Gasteiger partial charge on any atom is -0.462 e. The molecule has 0 spiro atoms. The highest BCUT2D eigenvalue weighted by atomic mass is 16.6. The SMILES string of the molecule is CC#[N+][C@@]1(C(=O)OC)C[C@H](OC(C)=O)[C@@H](N=[N+]=[N-])[C@H]([C@H](OC(C)=O)[C@@H](COC(C)=O)OC(C)=O)O1. The summed E-state index contributed by atoms with van der Waals surface area (Å²) in [5.41, 5.74) is 7.00. The smallest absolute Gasteiger partial charge is 0.462 e. The Morgan fingerprint density at radius 1 is 1.09 bits per heavy atom. The highest BCUT2D eigenvalue weighted by molar-refractivity contribution is 5.82. The second-order valence-corrected chi connectivity index (χ2v) is 7.27. The van der Waals surface area contributed by atoms with Gasteiger partial charge in [-0.15, -0.1) is 0 Å². The molecule has 1 rings (SSSR count). The van der Waals surface area contributed by atoms with Crippen LogP contribution in [-0.4, -0.2) is 79.7 Å². The quantitative estimate of drug-likeness (QED) is 0.144. The van der Waals surface area contributed by atoms with Crippen molar-refractivity contribution in [2.75, 3.05) is 13.7 Å². The highest BCUT2D eigenvalue weighted by Crippen LogP contribution is 2.38. The first-order chi connectivity index (χ1) is 16.4. The minimum atomic E-state index is -2.17. The van der Waals surface area contributed by atoms with Crippen LogP contribution < -0.4 is 0 Å². The summed E-state index contributed by atoms with van der Waals surface area (Å²) in [5, 5.41) is 3.62. The van der Waals surface area contributed by atoms with Crippen LogP contribution >= 0.6 is 0 Å². The molecule has 0 unspecified atom stereocenters. The fourth-order valence-corrected chi connectivity index (χ4v) is 3.48. The third-order valence-corrected chi connectivity index (χ3v) is 4.59. The summed E-state index contributed by atoms with van der Waals surface area (Å²) in [6.07, 6.45) is -6.49. The predicted octanol–water partition coefficient (Wildman–Crippen LogP) is 1.03. The van der Waals surface area contributed by atoms with E-state index in [0.717, 1.165) is 34.8 Å². The van der Waals surface area contributed by atoms with Gasteiger partial charge in [-0.25, -0.2) is 4.79 Å². The molecule has 1 aliphatic rings. The van der Waals surface area contributed by atoms with E-state index in [-0.39, 0.29) is 0 Å². The molecule has 6 atom stereocenters. The van der Waals surface area contributed by atoms with Crippen molar-refractivity contribution < 1.29 is 52.4 Å². The van der Waals surface area contributed by atoms with Crippen molar-refractivity contribution in [2.24, 2.45) is 5.11 Å². The molecule has 0 aromatic rings. The van der Waals surface area contributed by atoms with Crippen molar-refractivity contribution in [3.05, 3.63) is 15.3 Å². The van der Waals surface area contributed by atoms with E-state index in [1.807, 2.05) is 0 Å². The molecule has 0 radical (unpaired) electrons. The second-order valence-electron chi connectivity index (χ2n) is 7.27. The summed E-state index contributed by atoms with van der Waals surface area (Å²) in [5.74, 6) is -4.29. The lowest BCUT2D eigenvalue weighted by molar-refractivity contribution is -0.229. The molecule has 15 heteroatoms. The fourth-order valence-electron chi connectivity index (χ4n) is 3.48. The first-order valence-corrected chi connectivity index (χ1v) is 10.2. The Balaban J connectivity index is 3.78. The molecule has 0 N–H and O–H groups in total. The van der Waals surface area contributed by atoms with Crippen molar-refractivity contribution >= 4 is 29.8 Å². The number of hydrogen-bond donors (Lipinski definition) is 0. The largest absolute Gasteiger partial charge is 0.485 e. The topological polar surface area (TPSA) is 194 Å². The fraction of sp³-hybridized carbons (Fsp3) is 0.700. The average Bonchev–Trinajstić information content (AvgIpc) is 2.75. The van der Waals surface area contributed by atoms with Crippen molar-refractivity contribution in [2.45, 2.75) is 77.2 Å². The van der Waals surface area contributed by atoms with Gasteiger partial charge >= 0.3 is 35.6 Å². The number of carbonyl (C=O) groups is 5. The van der Waals surface area contributed by atoms with Crippen molar-refractivity contribution in [1.82, 2.24) is 0 Å². The molecule has 0 amide bonds. The standard InChI is InChI=1S/C20H27N4O11/c1-7-22-20(19(29)30-6)8-14(32-11(3)26)16(23-24-21)18(35-20)17(34-13(5)28)15(33-12(4)27)9-31-10(2)25/h14-18H,8-9H2,1-6H3/q+1/t14-,15+,16+,17+,18+,20-/m0/s1. The predicted molar refractivity (Wildman–Crippen MR) is 113 cm³/mol. The van der Waals surface area contributed by atoms with E-state index < -0.39 is 79.1 Å². The van der Waals surface area contributed by atoms with Crippen LogP contribution in [0.2, 0.25) is 0 Å². The van der Waals surface area contributed by atoms with Gasteiger partial charge in [0, 0.05) is 32.6 Å². The van der Waals surface area contributed by atoms with E-state index in [9.17, 15) is 29.5 Å². The molecular formula is C20H27N4O11+. The maximum atomic E-state index is 12.7. The summed E-state index contributed by atoms with van der Waals surface area (Å²) in [4.78, 5) is 66.4. The van der Waals surface area contributed by atoms with Crippen LogP contribution in [0.25, 0.3) is 15.3 Å². The van der Waals surface area contributed by atoms with E-state index >= 15 is 0 Å². The van der Waals surface area contributed by atoms with Crippen LogP contribution in [0.3, 0.4) is 0 Å². The third-order valence-electron chi connectivity index (χ3n) is 4.59. The molecule has 1 fully saturated rings. The molecule has 15 nitrogen and oxygen atoms in total. The van der Waals surface area contributed by atoms with E-state index in [1.54, 1.807) is 0 Å². The first-order valence-electron chi connectivity index (χ1n) is 10.2. The van der Waals surface area contributed by atoms with Gasteiger partial charge in [-0.05, 0) is 10.4 Å². The van der Waals surface area contributed by atoms with Crippen LogP contribution in [0.15, 0.2) is 5.11 Å². The molecule has 35 heavy (non-hydrogen) atoms. The molecular weight excluding hydrogens is 472 g/mol. The summed E-state index contributed by atoms with van der Waals surface area (Å²) in [6, 6.07) is 1.000. The van der Waals surface area contributed by atoms with Gasteiger partial charge in [0.2, 0.25) is 0 Å². The van der Waals surface area contributed by atoms with E-state index in [2.05, 4.69) is 20.9 Å². The zero-order chi connectivity index (χ0) is 26.8. The summed E-state index contributed by atoms with van der Waals surface area (Å²) in [6.45, 7) is 5.02. The number of esters is 5. The van der Waals surface area contributed by atoms with Crippen molar-refractivity contribution in [1.29, 1.82) is 0 Å². The van der Waals surface area contributed by atoms with Gasteiger partial charge in [0.1, 0.15) is 31.3 Å². The third kappa shape index (κ3) is 8.13. The Bertz CT molecular complexity index is 952. The lowest BCUT2D eigenvalue weighted by atomic mass is 9.87. The molecule has 0 saturated carbocycles. The van der Waals surface area contributed by atoms with E-state index in [4.69, 9.17) is 28.4 Å². The van der Waals surface area contributed by atoms with Gasteiger partial charge in [-0.1, -0.05) is 5.11 Å². The Labute approximate surface area is 200 Å². The number of ether oxygens (including phenoxy) is 6. The number of methoxy groups -OCH3 is 1. The minimum absolute atomic E-state index is 0.449. The zero-order valence-corrected chi connectivity index (χ0v) is 20.1. The maximum absolute atomic E-state index is 12.7. The van der Waals surface area contributed by atoms with Gasteiger partial charge in [-0.2, -0.15) is 0 Å². The zero-order valence-electron chi connectivity index (χ0n) is 20.1. The number of rotatable bonds is 9. The van der Waals surface area contributed by atoms with Crippen LogP contribution in [0.4, 0.5) is 0 Å². The Hall–Kier alpha value is -3.89. The molecule has 1 heterocycles. The average molecular weight is 499 g/mol. The first kappa shape index (κ1) is 29.1. The molecule has 1 saturated heterocycles.